The Bertz CT molecular complexity index is 117. The number of rotatable bonds is 6. The Labute approximate surface area is 67.0 Å². The summed E-state index contributed by atoms with van der Waals surface area (Å²) in [6, 6.07) is 0. The van der Waals surface area contributed by atoms with Crippen LogP contribution in [0.25, 0.3) is 0 Å². The predicted octanol–water partition coefficient (Wildman–Crippen LogP) is -0.597. The van der Waals surface area contributed by atoms with Crippen molar-refractivity contribution in [2.75, 3.05) is 19.7 Å². The van der Waals surface area contributed by atoms with Gasteiger partial charge in [0.2, 0.25) is 0 Å². The lowest BCUT2D eigenvalue weighted by atomic mass is 10.3. The molecule has 0 aromatic carbocycles. The summed E-state index contributed by atoms with van der Waals surface area (Å²) in [6.07, 6.45) is -0.542. The van der Waals surface area contributed by atoms with E-state index in [-0.39, 0.29) is 6.61 Å². The van der Waals surface area contributed by atoms with Crippen LogP contribution in [0.15, 0.2) is 12.2 Å². The van der Waals surface area contributed by atoms with Crippen LogP contribution in [0.5, 0.6) is 0 Å². The molecule has 11 heavy (non-hydrogen) atoms. The zero-order chi connectivity index (χ0) is 8.69. The number of hydrogen-bond donors (Lipinski definition) is 3. The molecule has 1 unspecified atom stereocenters. The fraction of sp³-hybridized carbons (Fsp3) is 0.714. The third kappa shape index (κ3) is 7.48. The van der Waals surface area contributed by atoms with Gasteiger partial charge in [-0.1, -0.05) is 12.2 Å². The molecule has 0 saturated heterocycles. The van der Waals surface area contributed by atoms with E-state index < -0.39 is 6.10 Å². The number of aliphatic hydroxyl groups is 1. The van der Waals surface area contributed by atoms with Crippen LogP contribution in [0.3, 0.4) is 0 Å². The minimum Gasteiger partial charge on any atom is -0.389 e. The van der Waals surface area contributed by atoms with Crippen molar-refractivity contribution in [3.63, 3.8) is 0 Å². The molecule has 0 aromatic heterocycles. The van der Waals surface area contributed by atoms with E-state index in [0.717, 1.165) is 5.57 Å². The normalized spacial score (nSPS) is 13.0. The summed E-state index contributed by atoms with van der Waals surface area (Å²) in [6.45, 7) is 6.96. The average Bonchev–Trinajstić information content (AvgIpc) is 1.87. The first-order valence-electron chi connectivity index (χ1n) is 3.51. The van der Waals surface area contributed by atoms with Gasteiger partial charge in [0.15, 0.2) is 0 Å². The zero-order valence-electron chi connectivity index (χ0n) is 6.84. The van der Waals surface area contributed by atoms with E-state index in [1.54, 1.807) is 0 Å². The molecule has 4 nitrogen and oxygen atoms in total. The molecule has 1 atom stereocenters. The molecule has 0 rings (SSSR count). The molecule has 4 heteroatoms. The van der Waals surface area contributed by atoms with Gasteiger partial charge in [-0.15, -0.1) is 0 Å². The van der Waals surface area contributed by atoms with Crippen molar-refractivity contribution in [3.8, 4) is 0 Å². The van der Waals surface area contributed by atoms with Crippen LogP contribution in [-0.4, -0.2) is 30.9 Å². The summed E-state index contributed by atoms with van der Waals surface area (Å²) < 4.78 is 0. The van der Waals surface area contributed by atoms with Crippen molar-refractivity contribution < 1.29 is 9.94 Å². The fourth-order valence-electron chi connectivity index (χ4n) is 0.622. The Morgan fingerprint density at radius 1 is 1.82 bits per heavy atom. The molecule has 0 fully saturated rings. The van der Waals surface area contributed by atoms with Gasteiger partial charge in [-0.2, -0.15) is 0 Å². The van der Waals surface area contributed by atoms with Crippen molar-refractivity contribution in [2.24, 2.45) is 5.90 Å². The molecule has 0 radical (unpaired) electrons. The molecule has 0 heterocycles. The molecular weight excluding hydrogens is 144 g/mol. The first kappa shape index (κ1) is 10.6. The second-order valence-corrected chi connectivity index (χ2v) is 2.58. The largest absolute Gasteiger partial charge is 0.389 e. The van der Waals surface area contributed by atoms with Gasteiger partial charge in [-0.3, -0.25) is 0 Å². The third-order valence-corrected chi connectivity index (χ3v) is 1.10. The molecule has 66 valence electrons. The van der Waals surface area contributed by atoms with Crippen molar-refractivity contribution in [1.82, 2.24) is 5.32 Å². The van der Waals surface area contributed by atoms with E-state index in [1.807, 2.05) is 6.92 Å². The van der Waals surface area contributed by atoms with Crippen LogP contribution < -0.4 is 11.2 Å². The minimum atomic E-state index is -0.542. The van der Waals surface area contributed by atoms with Crippen molar-refractivity contribution in [2.45, 2.75) is 13.0 Å². The Balaban J connectivity index is 3.16. The summed E-state index contributed by atoms with van der Waals surface area (Å²) in [7, 11) is 0. The monoisotopic (exact) mass is 160 g/mol. The maximum absolute atomic E-state index is 9.06. The van der Waals surface area contributed by atoms with E-state index >= 15 is 0 Å². The highest BCUT2D eigenvalue weighted by Crippen LogP contribution is 1.83. The van der Waals surface area contributed by atoms with Crippen LogP contribution in [-0.2, 0) is 4.84 Å². The minimum absolute atomic E-state index is 0.156. The van der Waals surface area contributed by atoms with Crippen LogP contribution in [0.4, 0.5) is 0 Å². The number of aliphatic hydroxyl groups excluding tert-OH is 1. The Kier molecular flexibility index (Phi) is 6.06. The highest BCUT2D eigenvalue weighted by molar-refractivity contribution is 4.90. The van der Waals surface area contributed by atoms with Crippen LogP contribution in [0.1, 0.15) is 6.92 Å². The zero-order valence-corrected chi connectivity index (χ0v) is 6.84. The Hall–Kier alpha value is -0.420. The van der Waals surface area contributed by atoms with Crippen molar-refractivity contribution in [3.05, 3.63) is 12.2 Å². The van der Waals surface area contributed by atoms with Gasteiger partial charge in [0.1, 0.15) is 0 Å². The van der Waals surface area contributed by atoms with E-state index in [9.17, 15) is 0 Å². The summed E-state index contributed by atoms with van der Waals surface area (Å²) >= 11 is 0. The molecule has 0 saturated carbocycles. The molecule has 4 N–H and O–H groups in total. The molecular formula is C7H16N2O2. The Morgan fingerprint density at radius 2 is 2.45 bits per heavy atom. The van der Waals surface area contributed by atoms with E-state index in [0.29, 0.717) is 13.1 Å². The van der Waals surface area contributed by atoms with Gasteiger partial charge < -0.3 is 15.3 Å². The van der Waals surface area contributed by atoms with Crippen LogP contribution in [0.2, 0.25) is 0 Å². The number of nitrogens with one attached hydrogen (secondary N) is 1. The summed E-state index contributed by atoms with van der Waals surface area (Å²) in [5.41, 5.74) is 1.03. The first-order valence-corrected chi connectivity index (χ1v) is 3.51. The lowest BCUT2D eigenvalue weighted by molar-refractivity contribution is 0.0373. The van der Waals surface area contributed by atoms with Crippen LogP contribution >= 0.6 is 0 Å². The molecule has 0 amide bonds. The number of hydrogen-bond acceptors (Lipinski definition) is 4. The van der Waals surface area contributed by atoms with Gasteiger partial charge in [0.25, 0.3) is 0 Å². The summed E-state index contributed by atoms with van der Waals surface area (Å²) in [5.74, 6) is 4.76. The van der Waals surface area contributed by atoms with Crippen molar-refractivity contribution >= 4 is 0 Å². The van der Waals surface area contributed by atoms with Crippen molar-refractivity contribution in [1.29, 1.82) is 0 Å². The van der Waals surface area contributed by atoms with Gasteiger partial charge in [0, 0.05) is 13.1 Å². The maximum atomic E-state index is 9.06. The molecule has 0 spiro atoms. The highest BCUT2D eigenvalue weighted by Gasteiger charge is 2.01. The summed E-state index contributed by atoms with van der Waals surface area (Å²) in [5, 5.41) is 12.0. The molecule has 0 bridgehead atoms. The summed E-state index contributed by atoms with van der Waals surface area (Å²) in [4.78, 5) is 4.25. The topological polar surface area (TPSA) is 67.5 Å². The second-order valence-electron chi connectivity index (χ2n) is 2.58. The van der Waals surface area contributed by atoms with Gasteiger partial charge in [-0.05, 0) is 6.92 Å². The molecule has 0 aliphatic heterocycles. The lowest BCUT2D eigenvalue weighted by Crippen LogP contribution is -2.32. The highest BCUT2D eigenvalue weighted by atomic mass is 16.6. The van der Waals surface area contributed by atoms with Gasteiger partial charge >= 0.3 is 0 Å². The third-order valence-electron chi connectivity index (χ3n) is 1.10. The average molecular weight is 160 g/mol. The lowest BCUT2D eigenvalue weighted by Gasteiger charge is -2.09. The predicted molar refractivity (Wildman–Crippen MR) is 43.8 cm³/mol. The van der Waals surface area contributed by atoms with Gasteiger partial charge in [-0.25, -0.2) is 5.90 Å². The number of nitrogens with two attached hydrogens (primary N) is 1. The van der Waals surface area contributed by atoms with Gasteiger partial charge in [0.05, 0.1) is 12.7 Å². The van der Waals surface area contributed by atoms with E-state index in [2.05, 4.69) is 16.7 Å². The quantitative estimate of drug-likeness (QED) is 0.358. The standard InChI is InChI=1S/C7H16N2O2/c1-6(2)3-9-4-7(10)5-11-8/h7,9-10H,1,3-5,8H2,2H3. The van der Waals surface area contributed by atoms with Crippen LogP contribution in [0, 0.1) is 0 Å². The smallest absolute Gasteiger partial charge is 0.0951 e. The first-order chi connectivity index (χ1) is 5.16. The second kappa shape index (κ2) is 6.30. The molecule has 0 aromatic rings. The van der Waals surface area contributed by atoms with E-state index in [1.165, 1.54) is 0 Å². The fourth-order valence-corrected chi connectivity index (χ4v) is 0.622. The molecule has 0 aliphatic rings. The Morgan fingerprint density at radius 3 is 2.91 bits per heavy atom. The SMILES string of the molecule is C=C(C)CNCC(O)CON. The van der Waals surface area contributed by atoms with E-state index in [4.69, 9.17) is 11.0 Å². The molecule has 0 aliphatic carbocycles. The maximum Gasteiger partial charge on any atom is 0.0951 e.